The van der Waals surface area contributed by atoms with Gasteiger partial charge in [-0.2, -0.15) is 10.1 Å². The minimum absolute atomic E-state index is 0.0415. The van der Waals surface area contributed by atoms with E-state index in [-0.39, 0.29) is 16.3 Å². The minimum atomic E-state index is -2.31. The summed E-state index contributed by atoms with van der Waals surface area (Å²) < 4.78 is 74.2. The maximum atomic E-state index is 14.1. The van der Waals surface area contributed by atoms with Crippen molar-refractivity contribution in [2.45, 2.75) is 26.2 Å². The van der Waals surface area contributed by atoms with Gasteiger partial charge in [-0.3, -0.25) is 4.79 Å². The number of nitrogens with zero attached hydrogens (tertiary/aromatic N) is 3. The molecule has 0 saturated carbocycles. The molecule has 1 amide bonds. The summed E-state index contributed by atoms with van der Waals surface area (Å²) in [6.45, 7) is 3.07. The number of anilines is 2. The van der Waals surface area contributed by atoms with E-state index < -0.39 is 40.7 Å². The van der Waals surface area contributed by atoms with Gasteiger partial charge in [0.25, 0.3) is 5.91 Å². The van der Waals surface area contributed by atoms with Crippen molar-refractivity contribution < 1.29 is 31.2 Å². The summed E-state index contributed by atoms with van der Waals surface area (Å²) in [5, 5.41) is 3.86. The molecule has 1 saturated heterocycles. The van der Waals surface area contributed by atoms with Gasteiger partial charge in [-0.25, -0.2) is 22.0 Å². The van der Waals surface area contributed by atoms with Gasteiger partial charge in [-0.05, 0) is 38.3 Å². The third-order valence-electron chi connectivity index (χ3n) is 5.03. The summed E-state index contributed by atoms with van der Waals surface area (Å²) in [4.78, 5) is 14.7. The smallest absolute Gasteiger partial charge is 0.280 e. The third kappa shape index (κ3) is 3.25. The molecular weight excluding hydrogens is 409 g/mol. The normalized spacial score (nSPS) is 18.5. The van der Waals surface area contributed by atoms with Crippen LogP contribution in [-0.4, -0.2) is 24.7 Å². The molecule has 3 heterocycles. The summed E-state index contributed by atoms with van der Waals surface area (Å²) in [7, 11) is 0. The maximum absolute atomic E-state index is 14.1. The number of furan rings is 1. The number of hydrogen-bond donors (Lipinski definition) is 0. The van der Waals surface area contributed by atoms with Crippen LogP contribution in [0.3, 0.4) is 0 Å². The highest BCUT2D eigenvalue weighted by Gasteiger charge is 2.37. The summed E-state index contributed by atoms with van der Waals surface area (Å²) in [5.74, 6) is -11.0. The molecule has 1 aromatic carbocycles. The number of hydrazone groups is 1. The molecule has 0 unspecified atom stereocenters. The van der Waals surface area contributed by atoms with Crippen molar-refractivity contribution in [3.8, 4) is 0 Å². The fourth-order valence-electron chi connectivity index (χ4n) is 3.46. The monoisotopic (exact) mass is 425 g/mol. The topological polar surface area (TPSA) is 49.1 Å². The van der Waals surface area contributed by atoms with Crippen molar-refractivity contribution in [3.05, 3.63) is 52.6 Å². The van der Waals surface area contributed by atoms with E-state index in [2.05, 4.69) is 10.0 Å². The van der Waals surface area contributed by atoms with Crippen LogP contribution in [0.4, 0.5) is 33.5 Å². The zero-order valence-electron chi connectivity index (χ0n) is 15.8. The van der Waals surface area contributed by atoms with E-state index in [0.29, 0.717) is 11.6 Å². The number of rotatable bonds is 3. The standard InChI is InChI=1S/C20H16F5N3O2/c1-10-12(9-11-5-6-13(30-11)27-7-3-2-4-8-27)20(29)28(26-10)19-17(24)15(22)14(21)16(23)18(19)25/h5-6,9H,2-4,7-8H2,1H3/b12-9+. The minimum Gasteiger partial charge on any atom is -0.441 e. The van der Waals surface area contributed by atoms with Gasteiger partial charge in [0.1, 0.15) is 11.4 Å². The Hall–Kier alpha value is -3.17. The first-order valence-corrected chi connectivity index (χ1v) is 9.27. The van der Waals surface area contributed by atoms with Crippen LogP contribution in [0.1, 0.15) is 31.9 Å². The summed E-state index contributed by atoms with van der Waals surface area (Å²) in [6.07, 6.45) is 4.54. The van der Waals surface area contributed by atoms with Crippen LogP contribution in [0.15, 0.2) is 27.2 Å². The summed E-state index contributed by atoms with van der Waals surface area (Å²) in [5.41, 5.74) is -1.47. The van der Waals surface area contributed by atoms with Gasteiger partial charge in [0.2, 0.25) is 5.82 Å². The lowest BCUT2D eigenvalue weighted by atomic mass is 10.1. The lowest BCUT2D eigenvalue weighted by Gasteiger charge is -2.25. The molecule has 2 aromatic rings. The molecule has 30 heavy (non-hydrogen) atoms. The van der Waals surface area contributed by atoms with Gasteiger partial charge in [0.05, 0.1) is 11.3 Å². The number of piperidine rings is 1. The molecule has 0 radical (unpaired) electrons. The van der Waals surface area contributed by atoms with Crippen LogP contribution in [0.25, 0.3) is 6.08 Å². The Balaban J connectivity index is 1.66. The van der Waals surface area contributed by atoms with Crippen molar-refractivity contribution in [1.29, 1.82) is 0 Å². The molecule has 0 N–H and O–H groups in total. The van der Waals surface area contributed by atoms with Crippen molar-refractivity contribution in [1.82, 2.24) is 0 Å². The zero-order chi connectivity index (χ0) is 21.6. The first-order chi connectivity index (χ1) is 14.3. The Kier molecular flexibility index (Phi) is 5.08. The first-order valence-electron chi connectivity index (χ1n) is 9.27. The van der Waals surface area contributed by atoms with Gasteiger partial charge in [-0.1, -0.05) is 0 Å². The van der Waals surface area contributed by atoms with E-state index in [1.807, 2.05) is 0 Å². The van der Waals surface area contributed by atoms with Crippen molar-refractivity contribution in [2.75, 3.05) is 23.0 Å². The first kappa shape index (κ1) is 20.1. The average Bonchev–Trinajstić information content (AvgIpc) is 3.32. The van der Waals surface area contributed by atoms with Gasteiger partial charge < -0.3 is 9.32 Å². The van der Waals surface area contributed by atoms with E-state index in [1.165, 1.54) is 13.0 Å². The van der Waals surface area contributed by atoms with Gasteiger partial charge in [-0.15, -0.1) is 0 Å². The highest BCUT2D eigenvalue weighted by molar-refractivity contribution is 6.32. The quantitative estimate of drug-likeness (QED) is 0.308. The molecule has 0 aliphatic carbocycles. The van der Waals surface area contributed by atoms with E-state index in [1.54, 1.807) is 12.1 Å². The van der Waals surface area contributed by atoms with Crippen molar-refractivity contribution in [3.63, 3.8) is 0 Å². The maximum Gasteiger partial charge on any atom is 0.280 e. The SMILES string of the molecule is CC1=NN(c2c(F)c(F)c(F)c(F)c2F)C(=O)/C1=C/c1ccc(N2CCCCC2)o1. The molecule has 5 nitrogen and oxygen atoms in total. The van der Waals surface area contributed by atoms with Crippen LogP contribution in [0.2, 0.25) is 0 Å². The number of amides is 1. The molecule has 0 spiro atoms. The molecule has 10 heteroatoms. The zero-order valence-corrected chi connectivity index (χ0v) is 15.8. The summed E-state index contributed by atoms with van der Waals surface area (Å²) in [6, 6.07) is 3.37. The molecular formula is C20H16F5N3O2. The number of carbonyl (C=O) groups is 1. The van der Waals surface area contributed by atoms with Gasteiger partial charge in [0, 0.05) is 19.2 Å². The van der Waals surface area contributed by atoms with Gasteiger partial charge in [0.15, 0.2) is 29.2 Å². The second-order valence-electron chi connectivity index (χ2n) is 7.00. The highest BCUT2D eigenvalue weighted by atomic mass is 19.2. The van der Waals surface area contributed by atoms with Crippen molar-refractivity contribution in [2.24, 2.45) is 5.10 Å². The Morgan fingerprint density at radius 1 is 0.933 bits per heavy atom. The van der Waals surface area contributed by atoms with Crippen LogP contribution in [0, 0.1) is 29.1 Å². The molecule has 1 aromatic heterocycles. The Morgan fingerprint density at radius 3 is 2.17 bits per heavy atom. The predicted octanol–water partition coefficient (Wildman–Crippen LogP) is 4.77. The molecule has 0 atom stereocenters. The number of hydrogen-bond acceptors (Lipinski definition) is 4. The largest absolute Gasteiger partial charge is 0.441 e. The second kappa shape index (κ2) is 7.58. The van der Waals surface area contributed by atoms with E-state index in [0.717, 1.165) is 32.4 Å². The average molecular weight is 425 g/mol. The van der Waals surface area contributed by atoms with Crippen LogP contribution in [-0.2, 0) is 4.79 Å². The molecule has 2 aliphatic rings. The molecule has 4 rings (SSSR count). The number of halogens is 5. The third-order valence-corrected chi connectivity index (χ3v) is 5.03. The Morgan fingerprint density at radius 2 is 1.53 bits per heavy atom. The lowest BCUT2D eigenvalue weighted by Crippen LogP contribution is -2.28. The lowest BCUT2D eigenvalue weighted by molar-refractivity contribution is -0.114. The Labute approximate surface area is 168 Å². The fraction of sp³-hybridized carbons (Fsp3) is 0.300. The van der Waals surface area contributed by atoms with Crippen LogP contribution in [0.5, 0.6) is 0 Å². The molecule has 2 aliphatic heterocycles. The van der Waals surface area contributed by atoms with Crippen molar-refractivity contribution >= 4 is 29.3 Å². The van der Waals surface area contributed by atoms with E-state index >= 15 is 0 Å². The van der Waals surface area contributed by atoms with Gasteiger partial charge >= 0.3 is 0 Å². The molecule has 158 valence electrons. The highest BCUT2D eigenvalue weighted by Crippen LogP contribution is 2.34. The summed E-state index contributed by atoms with van der Waals surface area (Å²) >= 11 is 0. The fourth-order valence-corrected chi connectivity index (χ4v) is 3.46. The number of benzene rings is 1. The molecule has 1 fully saturated rings. The number of carbonyl (C=O) groups excluding carboxylic acids is 1. The van der Waals surface area contributed by atoms with Crippen LogP contribution < -0.4 is 9.91 Å². The van der Waals surface area contributed by atoms with Crippen LogP contribution >= 0.6 is 0 Å². The van der Waals surface area contributed by atoms with E-state index in [4.69, 9.17) is 4.42 Å². The predicted molar refractivity (Wildman–Crippen MR) is 99.6 cm³/mol. The van der Waals surface area contributed by atoms with E-state index in [9.17, 15) is 26.7 Å². The Bertz CT molecular complexity index is 1060. The molecule has 0 bridgehead atoms. The second-order valence-corrected chi connectivity index (χ2v) is 7.00.